The van der Waals surface area contributed by atoms with Crippen LogP contribution in [-0.4, -0.2) is 49.9 Å². The van der Waals surface area contributed by atoms with Gasteiger partial charge in [-0.15, -0.1) is 0 Å². The molecule has 0 saturated heterocycles. The molecule has 0 aliphatic heterocycles. The van der Waals surface area contributed by atoms with Crippen molar-refractivity contribution >= 4 is 23.7 Å². The minimum absolute atomic E-state index is 0.257. The number of carbonyl (C=O) groups excluding carboxylic acids is 4. The minimum atomic E-state index is -0.726. The van der Waals surface area contributed by atoms with Gasteiger partial charge in [-0.25, -0.2) is 0 Å². The molecule has 0 fully saturated rings. The fourth-order valence-corrected chi connectivity index (χ4v) is 0.996. The molecule has 8 nitrogen and oxygen atoms in total. The van der Waals surface area contributed by atoms with E-state index in [4.69, 9.17) is 0 Å². The van der Waals surface area contributed by atoms with Gasteiger partial charge < -0.3 is 20.7 Å². The summed E-state index contributed by atoms with van der Waals surface area (Å²) in [7, 11) is 1.20. The smallest absolute Gasteiger partial charge is 0.325 e. The Hall–Kier alpha value is -2.12. The lowest BCUT2D eigenvalue weighted by Gasteiger charge is -2.12. The Morgan fingerprint density at radius 2 is 1.72 bits per heavy atom. The van der Waals surface area contributed by atoms with Crippen LogP contribution in [0.4, 0.5) is 0 Å². The number of methoxy groups -OCH3 is 1. The van der Waals surface area contributed by atoms with E-state index in [1.54, 1.807) is 0 Å². The van der Waals surface area contributed by atoms with Crippen molar-refractivity contribution in [2.75, 3.05) is 20.2 Å². The topological polar surface area (TPSA) is 114 Å². The first-order valence-corrected chi connectivity index (χ1v) is 5.25. The first kappa shape index (κ1) is 15.9. The molecule has 102 valence electrons. The predicted molar refractivity (Wildman–Crippen MR) is 61.3 cm³/mol. The van der Waals surface area contributed by atoms with Gasteiger partial charge in [0.15, 0.2) is 0 Å². The zero-order valence-electron chi connectivity index (χ0n) is 10.5. The van der Waals surface area contributed by atoms with Crippen LogP contribution in [0.1, 0.15) is 13.8 Å². The van der Waals surface area contributed by atoms with Gasteiger partial charge in [-0.05, 0) is 6.92 Å². The number of hydrogen-bond donors (Lipinski definition) is 3. The molecule has 0 spiro atoms. The third-order valence-electron chi connectivity index (χ3n) is 1.89. The van der Waals surface area contributed by atoms with Crippen molar-refractivity contribution < 1.29 is 23.9 Å². The van der Waals surface area contributed by atoms with E-state index in [0.717, 1.165) is 0 Å². The Morgan fingerprint density at radius 1 is 1.11 bits per heavy atom. The number of nitrogens with one attached hydrogen (secondary N) is 3. The van der Waals surface area contributed by atoms with Crippen molar-refractivity contribution in [3.05, 3.63) is 0 Å². The normalized spacial score (nSPS) is 11.1. The predicted octanol–water partition coefficient (Wildman–Crippen LogP) is -2.08. The maximum absolute atomic E-state index is 11.4. The molecule has 0 aliphatic rings. The molecule has 18 heavy (non-hydrogen) atoms. The van der Waals surface area contributed by atoms with Crippen molar-refractivity contribution in [1.82, 2.24) is 16.0 Å². The van der Waals surface area contributed by atoms with Crippen LogP contribution in [0.2, 0.25) is 0 Å². The Balaban J connectivity index is 3.87. The van der Waals surface area contributed by atoms with E-state index in [2.05, 4.69) is 20.7 Å². The fourth-order valence-electron chi connectivity index (χ4n) is 0.996. The van der Waals surface area contributed by atoms with Gasteiger partial charge in [0.25, 0.3) is 0 Å². The molecule has 0 rings (SSSR count). The number of hydrogen-bond acceptors (Lipinski definition) is 5. The Kier molecular flexibility index (Phi) is 7.10. The van der Waals surface area contributed by atoms with E-state index in [-0.39, 0.29) is 19.0 Å². The summed E-state index contributed by atoms with van der Waals surface area (Å²) < 4.78 is 4.32. The van der Waals surface area contributed by atoms with E-state index in [0.29, 0.717) is 0 Å². The molecule has 0 unspecified atom stereocenters. The van der Waals surface area contributed by atoms with E-state index in [1.165, 1.54) is 21.0 Å². The zero-order chi connectivity index (χ0) is 14.1. The molecule has 8 heteroatoms. The van der Waals surface area contributed by atoms with Crippen LogP contribution in [0.15, 0.2) is 0 Å². The van der Waals surface area contributed by atoms with Gasteiger partial charge in [-0.1, -0.05) is 0 Å². The van der Waals surface area contributed by atoms with Crippen molar-refractivity contribution in [3.63, 3.8) is 0 Å². The number of esters is 1. The van der Waals surface area contributed by atoms with Crippen LogP contribution < -0.4 is 16.0 Å². The van der Waals surface area contributed by atoms with Gasteiger partial charge in [0.1, 0.15) is 12.6 Å². The number of carbonyl (C=O) groups is 4. The summed E-state index contributed by atoms with van der Waals surface area (Å²) in [6.45, 7) is 2.24. The average Bonchev–Trinajstić information content (AvgIpc) is 2.31. The first-order chi connectivity index (χ1) is 8.36. The maximum atomic E-state index is 11.4. The standard InChI is InChI=1S/C10H17N3O5/c1-6(13-7(2)14)10(17)12-4-8(15)11-5-9(16)18-3/h6H,4-5H2,1-3H3,(H,11,15)(H,12,17)(H,13,14)/t6-/m0/s1. The summed E-state index contributed by atoms with van der Waals surface area (Å²) in [6, 6.07) is -0.726. The third kappa shape index (κ3) is 7.20. The number of ether oxygens (including phenoxy) is 1. The molecule has 0 saturated carbocycles. The van der Waals surface area contributed by atoms with E-state index < -0.39 is 23.8 Å². The molecule has 0 aliphatic carbocycles. The summed E-state index contributed by atoms with van der Waals surface area (Å²) >= 11 is 0. The van der Waals surface area contributed by atoms with E-state index >= 15 is 0 Å². The quantitative estimate of drug-likeness (QED) is 0.474. The summed E-state index contributed by atoms with van der Waals surface area (Å²) in [5, 5.41) is 6.93. The Bertz CT molecular complexity index is 342. The van der Waals surface area contributed by atoms with Crippen molar-refractivity contribution in [2.45, 2.75) is 19.9 Å². The second kappa shape index (κ2) is 8.04. The molecule has 0 bridgehead atoms. The lowest BCUT2D eigenvalue weighted by molar-refractivity contribution is -0.141. The fraction of sp³-hybridized carbons (Fsp3) is 0.600. The van der Waals surface area contributed by atoms with E-state index in [9.17, 15) is 19.2 Å². The molecule has 0 radical (unpaired) electrons. The van der Waals surface area contributed by atoms with Crippen LogP contribution in [0.25, 0.3) is 0 Å². The van der Waals surface area contributed by atoms with Gasteiger partial charge in [0.05, 0.1) is 13.7 Å². The largest absolute Gasteiger partial charge is 0.468 e. The van der Waals surface area contributed by atoms with Gasteiger partial charge in [-0.2, -0.15) is 0 Å². The van der Waals surface area contributed by atoms with Crippen LogP contribution in [-0.2, 0) is 23.9 Å². The monoisotopic (exact) mass is 259 g/mol. The molecule has 3 N–H and O–H groups in total. The highest BCUT2D eigenvalue weighted by molar-refractivity contribution is 5.90. The molecular weight excluding hydrogens is 242 g/mol. The molecular formula is C10H17N3O5. The summed E-state index contributed by atoms with van der Waals surface area (Å²) in [4.78, 5) is 44.0. The highest BCUT2D eigenvalue weighted by atomic mass is 16.5. The van der Waals surface area contributed by atoms with E-state index in [1.807, 2.05) is 0 Å². The molecule has 0 aromatic rings. The summed E-state index contributed by atoms with van der Waals surface area (Å²) in [5.74, 6) is -1.93. The van der Waals surface area contributed by atoms with Crippen molar-refractivity contribution in [3.8, 4) is 0 Å². The van der Waals surface area contributed by atoms with Gasteiger partial charge in [0.2, 0.25) is 17.7 Å². The third-order valence-corrected chi connectivity index (χ3v) is 1.89. The first-order valence-electron chi connectivity index (χ1n) is 5.25. The lowest BCUT2D eigenvalue weighted by atomic mass is 10.3. The van der Waals surface area contributed by atoms with Crippen LogP contribution >= 0.6 is 0 Å². The minimum Gasteiger partial charge on any atom is -0.468 e. The molecule has 1 atom stereocenters. The SMILES string of the molecule is COC(=O)CNC(=O)CNC(=O)[C@H](C)NC(C)=O. The van der Waals surface area contributed by atoms with Gasteiger partial charge in [0, 0.05) is 6.92 Å². The van der Waals surface area contributed by atoms with Crippen LogP contribution in [0.5, 0.6) is 0 Å². The van der Waals surface area contributed by atoms with Crippen LogP contribution in [0.3, 0.4) is 0 Å². The molecule has 0 aromatic carbocycles. The van der Waals surface area contributed by atoms with Crippen LogP contribution in [0, 0.1) is 0 Å². The number of rotatable bonds is 6. The summed E-state index contributed by atoms with van der Waals surface area (Å²) in [6.07, 6.45) is 0. The number of amides is 3. The van der Waals surface area contributed by atoms with Crippen molar-refractivity contribution in [1.29, 1.82) is 0 Å². The molecule has 0 heterocycles. The lowest BCUT2D eigenvalue weighted by Crippen LogP contribution is -2.47. The molecule has 3 amide bonds. The zero-order valence-corrected chi connectivity index (χ0v) is 10.5. The Morgan fingerprint density at radius 3 is 2.22 bits per heavy atom. The second-order valence-corrected chi connectivity index (χ2v) is 3.49. The Labute approximate surface area is 104 Å². The average molecular weight is 259 g/mol. The van der Waals surface area contributed by atoms with Gasteiger partial charge >= 0.3 is 5.97 Å². The molecule has 0 aromatic heterocycles. The van der Waals surface area contributed by atoms with Gasteiger partial charge in [-0.3, -0.25) is 19.2 Å². The highest BCUT2D eigenvalue weighted by Crippen LogP contribution is 1.81. The second-order valence-electron chi connectivity index (χ2n) is 3.49. The maximum Gasteiger partial charge on any atom is 0.325 e. The highest BCUT2D eigenvalue weighted by Gasteiger charge is 2.14. The summed E-state index contributed by atoms with van der Waals surface area (Å²) in [5.41, 5.74) is 0. The van der Waals surface area contributed by atoms with Crippen molar-refractivity contribution in [2.24, 2.45) is 0 Å².